The van der Waals surface area contributed by atoms with Crippen LogP contribution in [0.5, 0.6) is 17.2 Å². The molecule has 0 bridgehead atoms. The van der Waals surface area contributed by atoms with E-state index in [4.69, 9.17) is 14.2 Å². The van der Waals surface area contributed by atoms with Crippen molar-refractivity contribution in [2.24, 2.45) is 0 Å². The molecule has 27 heavy (non-hydrogen) atoms. The Morgan fingerprint density at radius 2 is 1.37 bits per heavy atom. The third-order valence-corrected chi connectivity index (χ3v) is 4.71. The molecule has 0 saturated carbocycles. The lowest BCUT2D eigenvalue weighted by molar-refractivity contribution is 0.324. The first-order chi connectivity index (χ1) is 13.1. The first kappa shape index (κ1) is 16.9. The molecule has 0 aliphatic rings. The number of ether oxygens (including phenoxy) is 3. The van der Waals surface area contributed by atoms with E-state index in [-0.39, 0.29) is 0 Å². The third-order valence-electron chi connectivity index (χ3n) is 4.71. The highest BCUT2D eigenvalue weighted by atomic mass is 16.5. The summed E-state index contributed by atoms with van der Waals surface area (Å²) in [5.41, 5.74) is 1.87. The molecule has 0 aliphatic carbocycles. The van der Waals surface area contributed by atoms with Gasteiger partial charge < -0.3 is 19.2 Å². The average molecular weight is 363 g/mol. The first-order valence-electron chi connectivity index (χ1n) is 8.30. The Morgan fingerprint density at radius 1 is 0.741 bits per heavy atom. The number of hydrogen-bond donors (Lipinski definition) is 1. The second-order valence-electron chi connectivity index (χ2n) is 6.10. The maximum atomic E-state index is 12.4. The van der Waals surface area contributed by atoms with Gasteiger partial charge in [0.05, 0.1) is 21.3 Å². The highest BCUT2D eigenvalue weighted by Gasteiger charge is 2.26. The predicted molar refractivity (Wildman–Crippen MR) is 104 cm³/mol. The predicted octanol–water partition coefficient (Wildman–Crippen LogP) is 3.12. The van der Waals surface area contributed by atoms with E-state index in [0.29, 0.717) is 39.5 Å². The van der Waals surface area contributed by atoms with Crippen LogP contribution in [0.15, 0.2) is 52.2 Å². The second kappa shape index (κ2) is 6.32. The van der Waals surface area contributed by atoms with Crippen molar-refractivity contribution in [3.05, 3.63) is 63.0 Å². The molecule has 1 aromatic heterocycles. The molecule has 0 aliphatic heterocycles. The van der Waals surface area contributed by atoms with Gasteiger partial charge in [-0.1, -0.05) is 12.1 Å². The van der Waals surface area contributed by atoms with Gasteiger partial charge in [0.25, 0.3) is 0 Å². The summed E-state index contributed by atoms with van der Waals surface area (Å²) in [7, 11) is 4.51. The van der Waals surface area contributed by atoms with Crippen LogP contribution in [0, 0.1) is 0 Å². The minimum atomic E-state index is -0.522. The van der Waals surface area contributed by atoms with Crippen LogP contribution in [0.3, 0.4) is 0 Å². The summed E-state index contributed by atoms with van der Waals surface area (Å²) >= 11 is 0. The lowest BCUT2D eigenvalue weighted by Gasteiger charge is -2.16. The summed E-state index contributed by atoms with van der Waals surface area (Å²) < 4.78 is 16.0. The number of rotatable bonds is 5. The molecule has 6 nitrogen and oxygen atoms in total. The average Bonchev–Trinajstić information content (AvgIpc) is 3.17. The van der Waals surface area contributed by atoms with E-state index >= 15 is 0 Å². The van der Waals surface area contributed by atoms with E-state index in [1.807, 2.05) is 30.5 Å². The zero-order valence-electron chi connectivity index (χ0n) is 15.1. The third kappa shape index (κ3) is 2.49. The number of aromatic amines is 1. The summed E-state index contributed by atoms with van der Waals surface area (Å²) in [5, 5.41) is 1.03. The van der Waals surface area contributed by atoms with E-state index in [9.17, 15) is 9.59 Å². The van der Waals surface area contributed by atoms with Gasteiger partial charge in [0, 0.05) is 22.8 Å². The molecule has 0 saturated heterocycles. The van der Waals surface area contributed by atoms with Crippen LogP contribution in [0.1, 0.15) is 0 Å². The smallest absolute Gasteiger partial charge is 0.234 e. The van der Waals surface area contributed by atoms with Crippen molar-refractivity contribution in [1.29, 1.82) is 0 Å². The van der Waals surface area contributed by atoms with Crippen LogP contribution < -0.4 is 25.1 Å². The minimum Gasteiger partial charge on any atom is -0.493 e. The second-order valence-corrected chi connectivity index (χ2v) is 6.10. The van der Waals surface area contributed by atoms with Crippen molar-refractivity contribution in [2.45, 2.75) is 0 Å². The van der Waals surface area contributed by atoms with Gasteiger partial charge in [-0.3, -0.25) is 9.59 Å². The fraction of sp³-hybridized carbons (Fsp3) is 0.143. The number of H-pyrrole nitrogens is 1. The molecular weight excluding hydrogens is 346 g/mol. The summed E-state index contributed by atoms with van der Waals surface area (Å²) in [6, 6.07) is 10.9. The van der Waals surface area contributed by atoms with Crippen LogP contribution in [-0.4, -0.2) is 26.3 Å². The Balaban J connectivity index is 1.93. The molecule has 1 heterocycles. The van der Waals surface area contributed by atoms with Crippen LogP contribution in [0.25, 0.3) is 33.2 Å². The maximum absolute atomic E-state index is 12.4. The summed E-state index contributed by atoms with van der Waals surface area (Å²) in [6.45, 7) is 0. The van der Waals surface area contributed by atoms with E-state index < -0.39 is 10.9 Å². The van der Waals surface area contributed by atoms with Gasteiger partial charge in [-0.2, -0.15) is 0 Å². The Hall–Kier alpha value is -3.54. The van der Waals surface area contributed by atoms with Gasteiger partial charge in [0.2, 0.25) is 16.6 Å². The molecule has 0 atom stereocenters. The van der Waals surface area contributed by atoms with E-state index in [1.54, 1.807) is 12.1 Å². The molecule has 0 unspecified atom stereocenters. The largest absolute Gasteiger partial charge is 0.493 e. The topological polar surface area (TPSA) is 77.6 Å². The zero-order chi connectivity index (χ0) is 19.1. The first-order valence-corrected chi connectivity index (χ1v) is 8.30. The summed E-state index contributed by atoms with van der Waals surface area (Å²) in [6.07, 6.45) is 1.83. The number of benzene rings is 2. The Morgan fingerprint density at radius 3 is 1.96 bits per heavy atom. The SMILES string of the molecule is COc1cc(-c2c(-c3ccc4cc[nH]c4c3)c(=O)c2=O)cc(OC)c1OC. The molecular formula is C21H17NO5. The molecule has 136 valence electrons. The van der Waals surface area contributed by atoms with Gasteiger partial charge in [-0.05, 0) is 40.8 Å². The van der Waals surface area contributed by atoms with Crippen LogP contribution in [0.4, 0.5) is 0 Å². The highest BCUT2D eigenvalue weighted by Crippen LogP contribution is 2.42. The van der Waals surface area contributed by atoms with Crippen LogP contribution >= 0.6 is 0 Å². The minimum absolute atomic E-state index is 0.352. The monoisotopic (exact) mass is 363 g/mol. The standard InChI is InChI=1S/C21H17NO5/c1-25-15-9-13(10-16(26-2)21(15)27-3)18-17(19(23)20(18)24)12-5-4-11-6-7-22-14(11)8-12/h4-10,22H,1-3H3. The van der Waals surface area contributed by atoms with Gasteiger partial charge >= 0.3 is 0 Å². The van der Waals surface area contributed by atoms with Crippen molar-refractivity contribution < 1.29 is 14.2 Å². The van der Waals surface area contributed by atoms with Crippen molar-refractivity contribution in [3.8, 4) is 39.5 Å². The molecule has 0 amide bonds. The number of fused-ring (bicyclic) bond motifs is 1. The molecule has 0 fully saturated rings. The highest BCUT2D eigenvalue weighted by molar-refractivity contribution is 5.92. The Kier molecular flexibility index (Phi) is 3.96. The zero-order valence-corrected chi connectivity index (χ0v) is 15.1. The molecule has 0 radical (unpaired) electrons. The van der Waals surface area contributed by atoms with Crippen molar-refractivity contribution in [2.75, 3.05) is 21.3 Å². The number of methoxy groups -OCH3 is 3. The van der Waals surface area contributed by atoms with Crippen molar-refractivity contribution >= 4 is 10.9 Å². The number of hydrogen-bond acceptors (Lipinski definition) is 5. The molecule has 1 N–H and O–H groups in total. The molecule has 3 aromatic carbocycles. The fourth-order valence-corrected chi connectivity index (χ4v) is 3.37. The van der Waals surface area contributed by atoms with E-state index in [2.05, 4.69) is 4.98 Å². The molecule has 4 aromatic rings. The van der Waals surface area contributed by atoms with Gasteiger partial charge in [0.1, 0.15) is 0 Å². The van der Waals surface area contributed by atoms with E-state index in [0.717, 1.165) is 10.9 Å². The van der Waals surface area contributed by atoms with Gasteiger partial charge in [0.15, 0.2) is 11.5 Å². The van der Waals surface area contributed by atoms with Crippen LogP contribution in [-0.2, 0) is 0 Å². The van der Waals surface area contributed by atoms with Crippen molar-refractivity contribution in [3.63, 3.8) is 0 Å². The fourth-order valence-electron chi connectivity index (χ4n) is 3.37. The van der Waals surface area contributed by atoms with Crippen LogP contribution in [0.2, 0.25) is 0 Å². The van der Waals surface area contributed by atoms with Crippen molar-refractivity contribution in [1.82, 2.24) is 4.98 Å². The van der Waals surface area contributed by atoms with E-state index in [1.165, 1.54) is 21.3 Å². The lowest BCUT2D eigenvalue weighted by Crippen LogP contribution is -2.35. The van der Waals surface area contributed by atoms with Gasteiger partial charge in [-0.15, -0.1) is 0 Å². The molecule has 0 spiro atoms. The summed E-state index contributed by atoms with van der Waals surface area (Å²) in [4.78, 5) is 27.9. The Labute approximate surface area is 154 Å². The maximum Gasteiger partial charge on any atom is 0.234 e. The summed E-state index contributed by atoms with van der Waals surface area (Å²) in [5.74, 6) is 1.27. The Bertz CT molecular complexity index is 1200. The lowest BCUT2D eigenvalue weighted by atomic mass is 9.88. The number of nitrogens with one attached hydrogen (secondary N) is 1. The molecule has 4 rings (SSSR count). The number of aromatic nitrogens is 1. The molecule has 6 heteroatoms. The quantitative estimate of drug-likeness (QED) is 0.551. The normalized spacial score (nSPS) is 11.1. The van der Waals surface area contributed by atoms with Gasteiger partial charge in [-0.25, -0.2) is 0 Å².